The fourth-order valence-corrected chi connectivity index (χ4v) is 4.16. The fourth-order valence-electron chi connectivity index (χ4n) is 4.16. The van der Waals surface area contributed by atoms with Crippen LogP contribution < -0.4 is 10.9 Å². The lowest BCUT2D eigenvalue weighted by Gasteiger charge is -2.35. The van der Waals surface area contributed by atoms with E-state index in [2.05, 4.69) is 33.5 Å². The Labute approximate surface area is 134 Å². The summed E-state index contributed by atoms with van der Waals surface area (Å²) < 4.78 is 0. The summed E-state index contributed by atoms with van der Waals surface area (Å²) in [4.78, 5) is 20.1. The van der Waals surface area contributed by atoms with Crippen LogP contribution in [-0.2, 0) is 11.8 Å². The highest BCUT2D eigenvalue weighted by atomic mass is 16.3. The molecule has 4 rings (SSSR count). The topological polar surface area (TPSA) is 78.0 Å². The second-order valence-corrected chi connectivity index (χ2v) is 6.61. The predicted octanol–water partition coefficient (Wildman–Crippen LogP) is 2.21. The van der Waals surface area contributed by atoms with Crippen LogP contribution >= 0.6 is 0 Å². The number of nitrogens with zero attached hydrogens (tertiary/aromatic N) is 1. The van der Waals surface area contributed by atoms with Gasteiger partial charge in [0.05, 0.1) is 18.0 Å². The molecule has 120 valence electrons. The van der Waals surface area contributed by atoms with Gasteiger partial charge in [-0.2, -0.15) is 0 Å². The fraction of sp³-hybridized carbons (Fsp3) is 0.444. The number of aromatic nitrogens is 2. The van der Waals surface area contributed by atoms with Crippen molar-refractivity contribution in [2.24, 2.45) is 0 Å². The van der Waals surface area contributed by atoms with Crippen molar-refractivity contribution in [1.29, 1.82) is 0 Å². The number of H-pyrrole nitrogens is 1. The van der Waals surface area contributed by atoms with Crippen molar-refractivity contribution in [3.8, 4) is 11.3 Å². The minimum Gasteiger partial charge on any atom is -0.395 e. The predicted molar refractivity (Wildman–Crippen MR) is 89.7 cm³/mol. The molecule has 0 atom stereocenters. The van der Waals surface area contributed by atoms with Crippen LogP contribution in [0.15, 0.2) is 29.1 Å². The van der Waals surface area contributed by atoms with E-state index in [1.807, 2.05) is 6.07 Å². The Balaban J connectivity index is 1.92. The number of hydrogen-bond donors (Lipinski definition) is 3. The molecule has 5 nitrogen and oxygen atoms in total. The molecule has 23 heavy (non-hydrogen) atoms. The molecule has 0 saturated heterocycles. The van der Waals surface area contributed by atoms with Gasteiger partial charge in [-0.25, -0.2) is 4.98 Å². The van der Waals surface area contributed by atoms with E-state index in [4.69, 9.17) is 5.11 Å². The maximum Gasteiger partial charge on any atom is 0.290 e. The molecule has 2 aliphatic carbocycles. The summed E-state index contributed by atoms with van der Waals surface area (Å²) in [7, 11) is 0. The standard InChI is InChI=1S/C18H21N3O2/c22-10-9-19-16-17(23)21-15-14(20-16)13-6-2-1-5-12(13)11-18(15)7-3-4-8-18/h1-2,5-6,22H,3-4,7-11H2,(H,19,20)(H,21,23). The molecule has 1 saturated carbocycles. The number of hydrogen-bond acceptors (Lipinski definition) is 4. The summed E-state index contributed by atoms with van der Waals surface area (Å²) >= 11 is 0. The van der Waals surface area contributed by atoms with Crippen molar-refractivity contribution >= 4 is 5.82 Å². The van der Waals surface area contributed by atoms with Gasteiger partial charge in [-0.1, -0.05) is 37.1 Å². The lowest BCUT2D eigenvalue weighted by Crippen LogP contribution is -2.34. The minimum atomic E-state index is -0.192. The third kappa shape index (κ3) is 2.27. The van der Waals surface area contributed by atoms with Crippen LogP contribution in [0.5, 0.6) is 0 Å². The number of fused-ring (bicyclic) bond motifs is 4. The second kappa shape index (κ2) is 5.49. The second-order valence-electron chi connectivity index (χ2n) is 6.61. The van der Waals surface area contributed by atoms with E-state index in [9.17, 15) is 4.79 Å². The molecule has 0 radical (unpaired) electrons. The summed E-state index contributed by atoms with van der Waals surface area (Å²) in [5.74, 6) is 0.294. The number of anilines is 1. The highest BCUT2D eigenvalue weighted by Crippen LogP contribution is 2.49. The van der Waals surface area contributed by atoms with Crippen LogP contribution in [-0.4, -0.2) is 28.2 Å². The van der Waals surface area contributed by atoms with E-state index in [-0.39, 0.29) is 17.6 Å². The lowest BCUT2D eigenvalue weighted by molar-refractivity contribution is 0.311. The van der Waals surface area contributed by atoms with Gasteiger partial charge in [0.2, 0.25) is 0 Å². The van der Waals surface area contributed by atoms with Gasteiger partial charge in [0.1, 0.15) is 0 Å². The van der Waals surface area contributed by atoms with E-state index in [0.29, 0.717) is 12.4 Å². The zero-order chi connectivity index (χ0) is 15.9. The molecule has 2 aliphatic rings. The van der Waals surface area contributed by atoms with E-state index < -0.39 is 0 Å². The summed E-state index contributed by atoms with van der Waals surface area (Å²) in [6, 6.07) is 8.34. The zero-order valence-electron chi connectivity index (χ0n) is 13.1. The van der Waals surface area contributed by atoms with Crippen LogP contribution in [0.2, 0.25) is 0 Å². The SMILES string of the molecule is O=c1[nH]c2c(nc1NCCO)-c1ccccc1CC21CCCC1. The zero-order valence-corrected chi connectivity index (χ0v) is 13.1. The molecule has 0 amide bonds. The van der Waals surface area contributed by atoms with Crippen molar-refractivity contribution < 1.29 is 5.11 Å². The van der Waals surface area contributed by atoms with Crippen molar-refractivity contribution in [3.05, 3.63) is 45.9 Å². The molecule has 1 aromatic heterocycles. The molecule has 0 aliphatic heterocycles. The Hall–Kier alpha value is -2.14. The average Bonchev–Trinajstić information content (AvgIpc) is 3.03. The Kier molecular flexibility index (Phi) is 3.45. The molecule has 0 bridgehead atoms. The molecule has 3 N–H and O–H groups in total. The summed E-state index contributed by atoms with van der Waals surface area (Å²) in [6.07, 6.45) is 5.60. The number of rotatable bonds is 3. The maximum absolute atomic E-state index is 12.4. The monoisotopic (exact) mass is 311 g/mol. The van der Waals surface area contributed by atoms with Crippen molar-refractivity contribution in [2.45, 2.75) is 37.5 Å². The Morgan fingerprint density at radius 2 is 2.04 bits per heavy atom. The van der Waals surface area contributed by atoms with E-state index in [0.717, 1.165) is 36.2 Å². The summed E-state index contributed by atoms with van der Waals surface area (Å²) in [5, 5.41) is 11.9. The van der Waals surface area contributed by atoms with Gasteiger partial charge >= 0.3 is 0 Å². The first-order valence-electron chi connectivity index (χ1n) is 8.31. The highest BCUT2D eigenvalue weighted by Gasteiger charge is 2.42. The molecule has 5 heteroatoms. The highest BCUT2D eigenvalue weighted by molar-refractivity contribution is 5.71. The smallest absolute Gasteiger partial charge is 0.290 e. The quantitative estimate of drug-likeness (QED) is 0.812. The Morgan fingerprint density at radius 1 is 1.26 bits per heavy atom. The van der Waals surface area contributed by atoms with Crippen LogP contribution in [0.1, 0.15) is 36.9 Å². The van der Waals surface area contributed by atoms with Crippen LogP contribution in [0.4, 0.5) is 5.82 Å². The summed E-state index contributed by atoms with van der Waals surface area (Å²) in [6.45, 7) is 0.292. The third-order valence-corrected chi connectivity index (χ3v) is 5.21. The first-order valence-corrected chi connectivity index (χ1v) is 8.31. The molecule has 1 fully saturated rings. The van der Waals surface area contributed by atoms with Crippen LogP contribution in [0.25, 0.3) is 11.3 Å². The van der Waals surface area contributed by atoms with Gasteiger partial charge < -0.3 is 15.4 Å². The normalized spacial score (nSPS) is 17.8. The maximum atomic E-state index is 12.4. The number of benzene rings is 1. The number of aliphatic hydroxyl groups excluding tert-OH is 1. The van der Waals surface area contributed by atoms with Crippen molar-refractivity contribution in [2.75, 3.05) is 18.5 Å². The average molecular weight is 311 g/mol. The van der Waals surface area contributed by atoms with Crippen molar-refractivity contribution in [1.82, 2.24) is 9.97 Å². The van der Waals surface area contributed by atoms with Gasteiger partial charge in [-0.05, 0) is 24.8 Å². The molecule has 0 unspecified atom stereocenters. The molecular weight excluding hydrogens is 290 g/mol. The number of aromatic amines is 1. The number of aliphatic hydroxyl groups is 1. The first kappa shape index (κ1) is 14.5. The Morgan fingerprint density at radius 3 is 2.83 bits per heavy atom. The molecule has 1 heterocycles. The van der Waals surface area contributed by atoms with Gasteiger partial charge in [-0.15, -0.1) is 0 Å². The van der Waals surface area contributed by atoms with Gasteiger partial charge in [0, 0.05) is 17.5 Å². The number of nitrogens with one attached hydrogen (secondary N) is 2. The Bertz CT molecular complexity index is 791. The lowest BCUT2D eigenvalue weighted by atomic mass is 9.70. The largest absolute Gasteiger partial charge is 0.395 e. The van der Waals surface area contributed by atoms with Crippen LogP contribution in [0.3, 0.4) is 0 Å². The summed E-state index contributed by atoms with van der Waals surface area (Å²) in [5.41, 5.74) is 4.17. The van der Waals surface area contributed by atoms with Gasteiger partial charge in [0.15, 0.2) is 5.82 Å². The molecule has 2 aromatic rings. The third-order valence-electron chi connectivity index (χ3n) is 5.21. The molecular formula is C18H21N3O2. The van der Waals surface area contributed by atoms with E-state index in [1.165, 1.54) is 18.4 Å². The van der Waals surface area contributed by atoms with Gasteiger partial charge in [0.25, 0.3) is 5.56 Å². The molecule has 1 aromatic carbocycles. The van der Waals surface area contributed by atoms with Gasteiger partial charge in [-0.3, -0.25) is 4.79 Å². The molecule has 1 spiro atoms. The van der Waals surface area contributed by atoms with E-state index >= 15 is 0 Å². The first-order chi connectivity index (χ1) is 11.2. The van der Waals surface area contributed by atoms with Crippen molar-refractivity contribution in [3.63, 3.8) is 0 Å². The van der Waals surface area contributed by atoms with Crippen LogP contribution in [0, 0.1) is 0 Å². The minimum absolute atomic E-state index is 0.0290. The van der Waals surface area contributed by atoms with E-state index in [1.54, 1.807) is 0 Å².